The van der Waals surface area contributed by atoms with E-state index in [0.717, 1.165) is 16.6 Å². The summed E-state index contributed by atoms with van der Waals surface area (Å²) in [7, 11) is -0.273. The number of nitrogens with one attached hydrogen (secondary N) is 2. The lowest BCUT2D eigenvalue weighted by Crippen LogP contribution is -2.09. The monoisotopic (exact) mass is 439 g/mol. The van der Waals surface area contributed by atoms with Crippen LogP contribution in [0.5, 0.6) is 0 Å². The standard InChI is InChI=1S/C21H23ClN7P/c1-13(2)29-17-9-19(23-10-14(17)11-25-29)27-21-24-12-15(22)20(28-21)26-16-7-5-6-8-18(16)30(3)4/h5-13H,1-4H3,(H2,23,24,26,27,28). The highest BCUT2D eigenvalue weighted by atomic mass is 35.5. The predicted octanol–water partition coefficient (Wildman–Crippen LogP) is 5.31. The molecule has 0 spiro atoms. The Hall–Kier alpha value is -2.76. The van der Waals surface area contributed by atoms with Crippen LogP contribution >= 0.6 is 19.5 Å². The molecule has 0 fully saturated rings. The summed E-state index contributed by atoms with van der Waals surface area (Å²) in [6, 6.07) is 10.4. The first-order chi connectivity index (χ1) is 14.4. The number of halogens is 1. The Morgan fingerprint density at radius 2 is 1.83 bits per heavy atom. The van der Waals surface area contributed by atoms with Gasteiger partial charge in [0.05, 0.1) is 17.9 Å². The number of fused-ring (bicyclic) bond motifs is 1. The van der Waals surface area contributed by atoms with Crippen molar-refractivity contribution < 1.29 is 0 Å². The highest BCUT2D eigenvalue weighted by molar-refractivity contribution is 7.64. The second kappa shape index (κ2) is 8.54. The van der Waals surface area contributed by atoms with Crippen molar-refractivity contribution >= 4 is 59.0 Å². The summed E-state index contributed by atoms with van der Waals surface area (Å²) in [4.78, 5) is 13.3. The largest absolute Gasteiger partial charge is 0.338 e. The van der Waals surface area contributed by atoms with E-state index < -0.39 is 0 Å². The first kappa shape index (κ1) is 20.5. The van der Waals surface area contributed by atoms with Crippen LogP contribution in [0.4, 0.5) is 23.3 Å². The Labute approximate surface area is 181 Å². The van der Waals surface area contributed by atoms with Gasteiger partial charge in [0.25, 0.3) is 0 Å². The van der Waals surface area contributed by atoms with Crippen LogP contribution in [0, 0.1) is 0 Å². The van der Waals surface area contributed by atoms with Crippen LogP contribution in [0.3, 0.4) is 0 Å². The number of nitrogens with zero attached hydrogens (tertiary/aromatic N) is 5. The molecule has 154 valence electrons. The first-order valence-corrected chi connectivity index (χ1v) is 12.2. The maximum atomic E-state index is 6.36. The van der Waals surface area contributed by atoms with E-state index in [4.69, 9.17) is 11.6 Å². The van der Waals surface area contributed by atoms with Gasteiger partial charge >= 0.3 is 0 Å². The summed E-state index contributed by atoms with van der Waals surface area (Å²) in [6.45, 7) is 8.62. The maximum Gasteiger partial charge on any atom is 0.230 e. The van der Waals surface area contributed by atoms with Crippen LogP contribution in [0.1, 0.15) is 19.9 Å². The lowest BCUT2D eigenvalue weighted by atomic mass is 10.3. The molecule has 3 aromatic heterocycles. The normalized spacial score (nSPS) is 11.4. The van der Waals surface area contributed by atoms with Crippen LogP contribution < -0.4 is 15.9 Å². The zero-order valence-corrected chi connectivity index (χ0v) is 18.9. The fourth-order valence-electron chi connectivity index (χ4n) is 3.15. The lowest BCUT2D eigenvalue weighted by molar-refractivity contribution is 0.551. The molecule has 0 unspecified atom stereocenters. The predicted molar refractivity (Wildman–Crippen MR) is 126 cm³/mol. The van der Waals surface area contributed by atoms with Gasteiger partial charge in [-0.25, -0.2) is 9.97 Å². The molecule has 0 saturated carbocycles. The van der Waals surface area contributed by atoms with Crippen molar-refractivity contribution in [3.63, 3.8) is 0 Å². The topological polar surface area (TPSA) is 80.5 Å². The molecule has 7 nitrogen and oxygen atoms in total. The Morgan fingerprint density at radius 1 is 1.03 bits per heavy atom. The number of hydrogen-bond acceptors (Lipinski definition) is 6. The molecule has 0 atom stereocenters. The number of rotatable bonds is 6. The average molecular weight is 440 g/mol. The fraction of sp³-hybridized carbons (Fsp3) is 0.238. The summed E-state index contributed by atoms with van der Waals surface area (Å²) in [6.07, 6.45) is 5.19. The molecule has 0 aliphatic heterocycles. The van der Waals surface area contributed by atoms with Crippen LogP contribution in [0.15, 0.2) is 48.9 Å². The van der Waals surface area contributed by atoms with Crippen LogP contribution in [-0.2, 0) is 0 Å². The zero-order valence-electron chi connectivity index (χ0n) is 17.3. The van der Waals surface area contributed by atoms with Gasteiger partial charge < -0.3 is 10.6 Å². The fourth-order valence-corrected chi connectivity index (χ4v) is 4.28. The second-order valence-corrected chi connectivity index (χ2v) is 10.0. The van der Waals surface area contributed by atoms with Crippen molar-refractivity contribution in [1.82, 2.24) is 24.7 Å². The van der Waals surface area contributed by atoms with Gasteiger partial charge in [-0.05, 0) is 38.5 Å². The minimum atomic E-state index is -0.273. The zero-order chi connectivity index (χ0) is 21.3. The van der Waals surface area contributed by atoms with Gasteiger partial charge in [0.1, 0.15) is 10.8 Å². The SMILES string of the molecule is CC(C)n1ncc2cnc(Nc3ncc(Cl)c(Nc4ccccc4P(C)C)n3)cc21. The molecule has 1 aromatic carbocycles. The van der Waals surface area contributed by atoms with Gasteiger partial charge in [0.15, 0.2) is 5.82 Å². The summed E-state index contributed by atoms with van der Waals surface area (Å²) < 4.78 is 1.96. The molecular formula is C21H23ClN7P. The molecule has 0 saturated heterocycles. The second-order valence-electron chi connectivity index (χ2n) is 7.36. The number of benzene rings is 1. The van der Waals surface area contributed by atoms with E-state index >= 15 is 0 Å². The molecule has 0 amide bonds. The molecule has 9 heteroatoms. The first-order valence-electron chi connectivity index (χ1n) is 9.58. The maximum absolute atomic E-state index is 6.36. The van der Waals surface area contributed by atoms with Crippen LogP contribution in [0.2, 0.25) is 5.02 Å². The van der Waals surface area contributed by atoms with Gasteiger partial charge in [-0.1, -0.05) is 37.7 Å². The molecule has 0 bridgehead atoms. The minimum absolute atomic E-state index is 0.253. The summed E-state index contributed by atoms with van der Waals surface area (Å²) in [5.41, 5.74) is 2.00. The lowest BCUT2D eigenvalue weighted by Gasteiger charge is -2.15. The average Bonchev–Trinajstić information content (AvgIpc) is 3.14. The van der Waals surface area contributed by atoms with Crippen molar-refractivity contribution in [1.29, 1.82) is 0 Å². The third-order valence-electron chi connectivity index (χ3n) is 4.59. The molecule has 4 aromatic rings. The number of anilines is 4. The quantitative estimate of drug-likeness (QED) is 0.396. The number of pyridine rings is 1. The van der Waals surface area contributed by atoms with Gasteiger partial charge in [0, 0.05) is 29.4 Å². The van der Waals surface area contributed by atoms with Gasteiger partial charge in [-0.2, -0.15) is 10.1 Å². The van der Waals surface area contributed by atoms with Gasteiger partial charge in [-0.3, -0.25) is 4.68 Å². The Morgan fingerprint density at radius 3 is 2.60 bits per heavy atom. The molecule has 30 heavy (non-hydrogen) atoms. The highest BCUT2D eigenvalue weighted by Gasteiger charge is 2.12. The van der Waals surface area contributed by atoms with Crippen molar-refractivity contribution in [3.05, 3.63) is 53.9 Å². The number of para-hydroxylation sites is 1. The van der Waals surface area contributed by atoms with Gasteiger partial charge in [0.2, 0.25) is 5.95 Å². The molecule has 2 N–H and O–H groups in total. The molecule has 0 aliphatic carbocycles. The third kappa shape index (κ3) is 4.23. The summed E-state index contributed by atoms with van der Waals surface area (Å²) in [5, 5.41) is 13.7. The van der Waals surface area contributed by atoms with E-state index in [9.17, 15) is 0 Å². The highest BCUT2D eigenvalue weighted by Crippen LogP contribution is 2.31. The van der Waals surface area contributed by atoms with E-state index in [2.05, 4.69) is 63.9 Å². The molecule has 0 aliphatic rings. The number of aromatic nitrogens is 5. The summed E-state index contributed by atoms with van der Waals surface area (Å²) >= 11 is 6.36. The van der Waals surface area contributed by atoms with Crippen molar-refractivity contribution in [2.75, 3.05) is 24.0 Å². The Balaban J connectivity index is 1.63. The van der Waals surface area contributed by atoms with E-state index in [0.29, 0.717) is 22.6 Å². The minimum Gasteiger partial charge on any atom is -0.338 e. The summed E-state index contributed by atoms with van der Waals surface area (Å²) in [5.74, 6) is 1.60. The number of hydrogen-bond donors (Lipinski definition) is 2. The van der Waals surface area contributed by atoms with Crippen LogP contribution in [-0.4, -0.2) is 38.1 Å². The molecular weight excluding hydrogens is 417 g/mol. The van der Waals surface area contributed by atoms with E-state index in [-0.39, 0.29) is 14.0 Å². The van der Waals surface area contributed by atoms with Crippen molar-refractivity contribution in [2.24, 2.45) is 0 Å². The molecule has 3 heterocycles. The molecule has 4 rings (SSSR count). The van der Waals surface area contributed by atoms with Crippen molar-refractivity contribution in [2.45, 2.75) is 19.9 Å². The smallest absolute Gasteiger partial charge is 0.230 e. The van der Waals surface area contributed by atoms with Crippen LogP contribution in [0.25, 0.3) is 10.9 Å². The van der Waals surface area contributed by atoms with E-state index in [1.807, 2.05) is 35.1 Å². The molecule has 0 radical (unpaired) electrons. The Bertz CT molecular complexity index is 1190. The van der Waals surface area contributed by atoms with E-state index in [1.165, 1.54) is 5.30 Å². The van der Waals surface area contributed by atoms with Crippen molar-refractivity contribution in [3.8, 4) is 0 Å². The Kier molecular flexibility index (Phi) is 5.84. The van der Waals surface area contributed by atoms with Gasteiger partial charge in [-0.15, -0.1) is 0 Å². The third-order valence-corrected chi connectivity index (χ3v) is 6.22. The van der Waals surface area contributed by atoms with E-state index in [1.54, 1.807) is 12.4 Å².